The van der Waals surface area contributed by atoms with Gasteiger partial charge in [-0.2, -0.15) is 0 Å². The predicted molar refractivity (Wildman–Crippen MR) is 63.0 cm³/mol. The Labute approximate surface area is 91.9 Å². The molecule has 80 valence electrons. The van der Waals surface area contributed by atoms with Crippen LogP contribution in [0.5, 0.6) is 0 Å². The summed E-state index contributed by atoms with van der Waals surface area (Å²) in [5.74, 6) is 0. The van der Waals surface area contributed by atoms with E-state index in [2.05, 4.69) is 30.4 Å². The van der Waals surface area contributed by atoms with Crippen LogP contribution in [0.25, 0.3) is 0 Å². The number of hydrogen-bond acceptors (Lipinski definition) is 1. The molecule has 1 nitrogen and oxygen atoms in total. The van der Waals surface area contributed by atoms with Gasteiger partial charge in [-0.05, 0) is 55.7 Å². The minimum Gasteiger partial charge on any atom is -0.307 e. The average molecular weight is 201 g/mol. The Balaban J connectivity index is 1.85. The molecule has 0 spiro atoms. The van der Waals surface area contributed by atoms with Crippen LogP contribution in [0.15, 0.2) is 18.2 Å². The first-order valence-electron chi connectivity index (χ1n) is 6.21. The van der Waals surface area contributed by atoms with Crippen molar-refractivity contribution in [2.24, 2.45) is 0 Å². The van der Waals surface area contributed by atoms with Gasteiger partial charge in [0.1, 0.15) is 0 Å². The molecule has 1 aromatic rings. The quantitative estimate of drug-likeness (QED) is 0.736. The van der Waals surface area contributed by atoms with E-state index in [1.165, 1.54) is 37.7 Å². The van der Waals surface area contributed by atoms with Gasteiger partial charge >= 0.3 is 0 Å². The highest BCUT2D eigenvalue weighted by Gasteiger charge is 2.26. The van der Waals surface area contributed by atoms with Gasteiger partial charge < -0.3 is 5.32 Å². The van der Waals surface area contributed by atoms with Gasteiger partial charge in [-0.1, -0.05) is 18.2 Å². The molecule has 1 saturated heterocycles. The molecule has 0 radical (unpaired) electrons. The van der Waals surface area contributed by atoms with Gasteiger partial charge in [0, 0.05) is 12.1 Å². The molecule has 3 rings (SSSR count). The van der Waals surface area contributed by atoms with Crippen molar-refractivity contribution in [2.75, 3.05) is 0 Å². The fourth-order valence-corrected chi connectivity index (χ4v) is 2.88. The third-order valence-electron chi connectivity index (χ3n) is 3.85. The van der Waals surface area contributed by atoms with E-state index >= 15 is 0 Å². The first-order valence-corrected chi connectivity index (χ1v) is 6.21. The molecule has 2 unspecified atom stereocenters. The first kappa shape index (κ1) is 9.41. The van der Waals surface area contributed by atoms with Crippen LogP contribution >= 0.6 is 0 Å². The van der Waals surface area contributed by atoms with Gasteiger partial charge in [0.25, 0.3) is 0 Å². The zero-order chi connectivity index (χ0) is 10.3. The highest BCUT2D eigenvalue weighted by molar-refractivity contribution is 5.36. The molecule has 1 fully saturated rings. The maximum Gasteiger partial charge on any atom is 0.0337 e. The van der Waals surface area contributed by atoms with Gasteiger partial charge in [0.15, 0.2) is 0 Å². The Hall–Kier alpha value is -0.820. The Morgan fingerprint density at radius 2 is 1.87 bits per heavy atom. The largest absolute Gasteiger partial charge is 0.307 e. The van der Waals surface area contributed by atoms with E-state index in [-0.39, 0.29) is 0 Å². The van der Waals surface area contributed by atoms with Crippen molar-refractivity contribution in [2.45, 2.75) is 51.1 Å². The summed E-state index contributed by atoms with van der Waals surface area (Å²) in [6.45, 7) is 2.26. The lowest BCUT2D eigenvalue weighted by Crippen LogP contribution is -2.43. The lowest BCUT2D eigenvalue weighted by atomic mass is 9.86. The normalized spacial score (nSPS) is 29.4. The van der Waals surface area contributed by atoms with Gasteiger partial charge in [0.05, 0.1) is 0 Å². The van der Waals surface area contributed by atoms with E-state index in [1.807, 2.05) is 0 Å². The van der Waals surface area contributed by atoms with Crippen LogP contribution in [0.2, 0.25) is 0 Å². The molecule has 0 bridgehead atoms. The fraction of sp³-hybridized carbons (Fsp3) is 0.571. The Morgan fingerprint density at radius 1 is 1.13 bits per heavy atom. The monoisotopic (exact) mass is 201 g/mol. The molecule has 1 aliphatic heterocycles. The van der Waals surface area contributed by atoms with Gasteiger partial charge in [-0.25, -0.2) is 0 Å². The standard InChI is InChI=1S/C14H19N/c1-10-8-14(15-10)13-7-6-11-4-2-3-5-12(11)9-13/h6-7,9-10,14-15H,2-5,8H2,1H3. The van der Waals surface area contributed by atoms with Gasteiger partial charge in [-0.3, -0.25) is 0 Å². The molecule has 1 aromatic carbocycles. The maximum atomic E-state index is 3.57. The fourth-order valence-electron chi connectivity index (χ4n) is 2.88. The van der Waals surface area contributed by atoms with Crippen LogP contribution in [-0.2, 0) is 12.8 Å². The Kier molecular flexibility index (Phi) is 2.28. The van der Waals surface area contributed by atoms with Crippen LogP contribution in [0.1, 0.15) is 48.9 Å². The van der Waals surface area contributed by atoms with Crippen molar-refractivity contribution < 1.29 is 0 Å². The summed E-state index contributed by atoms with van der Waals surface area (Å²) in [5.41, 5.74) is 4.71. The molecule has 1 N–H and O–H groups in total. The highest BCUT2D eigenvalue weighted by Crippen LogP contribution is 2.30. The number of hydrogen-bond donors (Lipinski definition) is 1. The summed E-state index contributed by atoms with van der Waals surface area (Å²) in [6.07, 6.45) is 6.66. The number of nitrogens with one attached hydrogen (secondary N) is 1. The second-order valence-corrected chi connectivity index (χ2v) is 5.09. The summed E-state index contributed by atoms with van der Waals surface area (Å²) in [5, 5.41) is 3.57. The Bertz CT molecular complexity index is 364. The summed E-state index contributed by atoms with van der Waals surface area (Å²) in [6, 6.07) is 8.47. The number of fused-ring (bicyclic) bond motifs is 1. The van der Waals surface area contributed by atoms with Crippen molar-refractivity contribution >= 4 is 0 Å². The van der Waals surface area contributed by atoms with Crippen LogP contribution in [0, 0.1) is 0 Å². The molecular weight excluding hydrogens is 182 g/mol. The molecule has 0 aromatic heterocycles. The van der Waals surface area contributed by atoms with Crippen molar-refractivity contribution in [3.63, 3.8) is 0 Å². The van der Waals surface area contributed by atoms with Gasteiger partial charge in [0.2, 0.25) is 0 Å². The number of benzene rings is 1. The van der Waals surface area contributed by atoms with Crippen molar-refractivity contribution in [1.29, 1.82) is 0 Å². The van der Waals surface area contributed by atoms with E-state index < -0.39 is 0 Å². The van der Waals surface area contributed by atoms with Crippen LogP contribution in [-0.4, -0.2) is 6.04 Å². The van der Waals surface area contributed by atoms with Gasteiger partial charge in [-0.15, -0.1) is 0 Å². The lowest BCUT2D eigenvalue weighted by Gasteiger charge is -2.35. The zero-order valence-electron chi connectivity index (χ0n) is 9.42. The van der Waals surface area contributed by atoms with E-state index in [9.17, 15) is 0 Å². The zero-order valence-corrected chi connectivity index (χ0v) is 9.42. The van der Waals surface area contributed by atoms with Crippen LogP contribution < -0.4 is 5.32 Å². The molecule has 15 heavy (non-hydrogen) atoms. The molecule has 1 heteroatoms. The topological polar surface area (TPSA) is 12.0 Å². The number of aryl methyl sites for hydroxylation is 2. The molecule has 1 heterocycles. The lowest BCUT2D eigenvalue weighted by molar-refractivity contribution is 0.287. The SMILES string of the molecule is CC1CC(c2ccc3c(c2)CCCC3)N1. The van der Waals surface area contributed by atoms with Crippen molar-refractivity contribution in [3.8, 4) is 0 Å². The first-order chi connectivity index (χ1) is 7.33. The van der Waals surface area contributed by atoms with Crippen molar-refractivity contribution in [1.82, 2.24) is 5.32 Å². The van der Waals surface area contributed by atoms with E-state index in [4.69, 9.17) is 0 Å². The molecular formula is C14H19N. The van der Waals surface area contributed by atoms with Crippen LogP contribution in [0.3, 0.4) is 0 Å². The second-order valence-electron chi connectivity index (χ2n) is 5.09. The average Bonchev–Trinajstić information content (AvgIpc) is 2.24. The third-order valence-corrected chi connectivity index (χ3v) is 3.85. The highest BCUT2D eigenvalue weighted by atomic mass is 15.0. The van der Waals surface area contributed by atoms with E-state index in [0.717, 1.165) is 0 Å². The predicted octanol–water partition coefficient (Wildman–Crippen LogP) is 2.99. The molecule has 2 aliphatic rings. The Morgan fingerprint density at radius 3 is 2.60 bits per heavy atom. The smallest absolute Gasteiger partial charge is 0.0337 e. The minimum absolute atomic E-state index is 0.632. The maximum absolute atomic E-state index is 3.57. The molecule has 2 atom stereocenters. The summed E-state index contributed by atoms with van der Waals surface area (Å²) >= 11 is 0. The molecule has 0 amide bonds. The minimum atomic E-state index is 0.632. The van der Waals surface area contributed by atoms with E-state index in [0.29, 0.717) is 12.1 Å². The molecule has 1 aliphatic carbocycles. The second kappa shape index (κ2) is 3.64. The summed E-state index contributed by atoms with van der Waals surface area (Å²) in [4.78, 5) is 0. The molecule has 0 saturated carbocycles. The van der Waals surface area contributed by atoms with Crippen molar-refractivity contribution in [3.05, 3.63) is 34.9 Å². The van der Waals surface area contributed by atoms with Crippen LogP contribution in [0.4, 0.5) is 0 Å². The van der Waals surface area contributed by atoms with E-state index in [1.54, 1.807) is 11.1 Å². The summed E-state index contributed by atoms with van der Waals surface area (Å²) in [7, 11) is 0. The number of rotatable bonds is 1. The third kappa shape index (κ3) is 1.69. The summed E-state index contributed by atoms with van der Waals surface area (Å²) < 4.78 is 0.